The molecule has 1 saturated heterocycles. The van der Waals surface area contributed by atoms with E-state index in [1.54, 1.807) is 12.1 Å². The van der Waals surface area contributed by atoms with Crippen LogP contribution < -0.4 is 10.7 Å². The van der Waals surface area contributed by atoms with Crippen LogP contribution in [0.1, 0.15) is 29.3 Å². The molecule has 0 spiro atoms. The van der Waals surface area contributed by atoms with Gasteiger partial charge in [-0.25, -0.2) is 0 Å². The molecule has 0 aliphatic carbocycles. The van der Waals surface area contributed by atoms with Crippen LogP contribution in [0.5, 0.6) is 0 Å². The zero-order chi connectivity index (χ0) is 24.0. The molecule has 1 fully saturated rings. The quantitative estimate of drug-likeness (QED) is 0.351. The lowest BCUT2D eigenvalue weighted by Crippen LogP contribution is -2.43. The highest BCUT2D eigenvalue weighted by Gasteiger charge is 2.37. The summed E-state index contributed by atoms with van der Waals surface area (Å²) in [4.78, 5) is 59.3. The average Bonchev–Trinajstić information content (AvgIpc) is 3.18. The van der Waals surface area contributed by atoms with Crippen molar-refractivity contribution in [3.8, 4) is 0 Å². The Morgan fingerprint density at radius 1 is 1.15 bits per heavy atom. The minimum absolute atomic E-state index is 0.176. The highest BCUT2D eigenvalue weighted by Crippen LogP contribution is 2.21. The first-order valence-corrected chi connectivity index (χ1v) is 10.2. The van der Waals surface area contributed by atoms with Gasteiger partial charge in [0.05, 0.1) is 17.4 Å². The average molecular weight is 454 g/mol. The van der Waals surface area contributed by atoms with Crippen LogP contribution in [-0.2, 0) is 25.5 Å². The number of rotatable bonds is 8. The van der Waals surface area contributed by atoms with E-state index in [0.29, 0.717) is 5.69 Å². The predicted molar refractivity (Wildman–Crippen MR) is 116 cm³/mol. The first-order valence-electron chi connectivity index (χ1n) is 10.2. The lowest BCUT2D eigenvalue weighted by Gasteiger charge is -2.17. The van der Waals surface area contributed by atoms with Gasteiger partial charge in [0.25, 0.3) is 17.5 Å². The van der Waals surface area contributed by atoms with E-state index < -0.39 is 46.8 Å². The van der Waals surface area contributed by atoms with Crippen LogP contribution >= 0.6 is 0 Å². The number of carbonyl (C=O) groups is 4. The van der Waals surface area contributed by atoms with Gasteiger partial charge in [0.15, 0.2) is 6.61 Å². The summed E-state index contributed by atoms with van der Waals surface area (Å²) in [6, 6.07) is 12.5. The van der Waals surface area contributed by atoms with Gasteiger partial charge in [-0.15, -0.1) is 0 Å². The molecule has 11 heteroatoms. The SMILES string of the molecule is CCc1ccc(NC(=O)COC(=O)[C@H]2CC(=O)N(NC(=O)c3ccccc3[N+](=O)[O-])C2)cc1. The molecule has 172 valence electrons. The number of ether oxygens (including phenoxy) is 1. The summed E-state index contributed by atoms with van der Waals surface area (Å²) in [5, 5.41) is 14.6. The zero-order valence-corrected chi connectivity index (χ0v) is 17.8. The van der Waals surface area contributed by atoms with Crippen molar-refractivity contribution in [1.82, 2.24) is 10.4 Å². The van der Waals surface area contributed by atoms with Crippen LogP contribution in [0.4, 0.5) is 11.4 Å². The molecule has 0 saturated carbocycles. The lowest BCUT2D eigenvalue weighted by molar-refractivity contribution is -0.385. The molecule has 1 heterocycles. The molecule has 2 N–H and O–H groups in total. The van der Waals surface area contributed by atoms with Crippen molar-refractivity contribution in [3.05, 3.63) is 69.8 Å². The first-order chi connectivity index (χ1) is 15.8. The molecule has 0 bridgehead atoms. The third-order valence-corrected chi connectivity index (χ3v) is 5.03. The number of esters is 1. The Morgan fingerprint density at radius 3 is 2.52 bits per heavy atom. The van der Waals surface area contributed by atoms with Crippen LogP contribution in [0, 0.1) is 16.0 Å². The van der Waals surface area contributed by atoms with Gasteiger partial charge in [-0.3, -0.25) is 39.7 Å². The van der Waals surface area contributed by atoms with E-state index in [1.165, 1.54) is 24.3 Å². The summed E-state index contributed by atoms with van der Waals surface area (Å²) < 4.78 is 5.01. The zero-order valence-electron chi connectivity index (χ0n) is 17.8. The van der Waals surface area contributed by atoms with Crippen molar-refractivity contribution in [2.75, 3.05) is 18.5 Å². The molecule has 2 aromatic carbocycles. The smallest absolute Gasteiger partial charge is 0.311 e. The van der Waals surface area contributed by atoms with E-state index >= 15 is 0 Å². The van der Waals surface area contributed by atoms with Gasteiger partial charge in [-0.2, -0.15) is 0 Å². The van der Waals surface area contributed by atoms with Gasteiger partial charge in [0.1, 0.15) is 5.56 Å². The molecule has 1 aliphatic heterocycles. The number of para-hydroxylation sites is 1. The maximum absolute atomic E-state index is 12.4. The van der Waals surface area contributed by atoms with E-state index in [1.807, 2.05) is 19.1 Å². The summed E-state index contributed by atoms with van der Waals surface area (Å²) >= 11 is 0. The molecule has 11 nitrogen and oxygen atoms in total. The third kappa shape index (κ3) is 5.91. The number of hydrogen-bond acceptors (Lipinski definition) is 7. The number of anilines is 1. The van der Waals surface area contributed by atoms with E-state index in [4.69, 9.17) is 4.74 Å². The molecule has 1 aliphatic rings. The molecular formula is C22H22N4O7. The predicted octanol–water partition coefficient (Wildman–Crippen LogP) is 1.83. The number of nitro groups is 1. The summed E-state index contributed by atoms with van der Waals surface area (Å²) in [6.45, 7) is 1.31. The fourth-order valence-electron chi connectivity index (χ4n) is 3.26. The van der Waals surface area contributed by atoms with Crippen molar-refractivity contribution in [1.29, 1.82) is 0 Å². The number of nitro benzene ring substituents is 1. The number of nitrogens with one attached hydrogen (secondary N) is 2. The van der Waals surface area contributed by atoms with Gasteiger partial charge >= 0.3 is 5.97 Å². The summed E-state index contributed by atoms with van der Waals surface area (Å²) in [6.07, 6.45) is 0.641. The number of hydrogen-bond donors (Lipinski definition) is 2. The van der Waals surface area contributed by atoms with Crippen LogP contribution in [0.25, 0.3) is 0 Å². The van der Waals surface area contributed by atoms with E-state index in [-0.39, 0.29) is 18.5 Å². The van der Waals surface area contributed by atoms with Crippen LogP contribution in [0.3, 0.4) is 0 Å². The number of carbonyl (C=O) groups excluding carboxylic acids is 4. The Labute approximate surface area is 188 Å². The number of nitrogens with zero attached hydrogens (tertiary/aromatic N) is 2. The van der Waals surface area contributed by atoms with Crippen LogP contribution in [0.2, 0.25) is 0 Å². The Hall–Kier alpha value is -4.28. The van der Waals surface area contributed by atoms with Gasteiger partial charge in [-0.1, -0.05) is 31.2 Å². The van der Waals surface area contributed by atoms with Crippen LogP contribution in [0.15, 0.2) is 48.5 Å². The molecule has 0 unspecified atom stereocenters. The maximum Gasteiger partial charge on any atom is 0.311 e. The standard InChI is InChI=1S/C22H22N4O7/c1-2-14-7-9-16(10-8-14)23-19(27)13-33-22(30)15-11-20(28)25(12-15)24-21(29)17-5-3-4-6-18(17)26(31)32/h3-10,15H,2,11-13H2,1H3,(H,23,27)(H,24,29)/t15-/m0/s1. The number of hydrazine groups is 1. The molecule has 0 aromatic heterocycles. The second-order valence-corrected chi connectivity index (χ2v) is 7.33. The number of amides is 3. The van der Waals surface area contributed by atoms with E-state index in [9.17, 15) is 29.3 Å². The highest BCUT2D eigenvalue weighted by molar-refractivity contribution is 5.99. The van der Waals surface area contributed by atoms with Gasteiger partial charge < -0.3 is 10.1 Å². The summed E-state index contributed by atoms with van der Waals surface area (Å²) in [5.41, 5.74) is 3.34. The summed E-state index contributed by atoms with van der Waals surface area (Å²) in [5.74, 6) is -3.58. The van der Waals surface area contributed by atoms with Crippen LogP contribution in [-0.4, -0.2) is 46.8 Å². The minimum Gasteiger partial charge on any atom is -0.455 e. The molecule has 2 aromatic rings. The van der Waals surface area contributed by atoms with Crippen molar-refractivity contribution in [2.45, 2.75) is 19.8 Å². The summed E-state index contributed by atoms with van der Waals surface area (Å²) in [7, 11) is 0. The highest BCUT2D eigenvalue weighted by atomic mass is 16.6. The Kier molecular flexibility index (Phi) is 7.34. The fourth-order valence-corrected chi connectivity index (χ4v) is 3.26. The minimum atomic E-state index is -0.889. The molecule has 3 amide bonds. The van der Waals surface area contributed by atoms with Gasteiger partial charge in [-0.05, 0) is 30.2 Å². The topological polar surface area (TPSA) is 148 Å². The largest absolute Gasteiger partial charge is 0.455 e. The van der Waals surface area contributed by atoms with E-state index in [0.717, 1.165) is 17.0 Å². The Bertz CT molecular complexity index is 1080. The maximum atomic E-state index is 12.4. The molecule has 33 heavy (non-hydrogen) atoms. The van der Waals surface area contributed by atoms with Crippen molar-refractivity contribution < 1.29 is 28.8 Å². The van der Waals surface area contributed by atoms with Crippen molar-refractivity contribution in [2.24, 2.45) is 5.92 Å². The second-order valence-electron chi connectivity index (χ2n) is 7.33. The van der Waals surface area contributed by atoms with E-state index in [2.05, 4.69) is 10.7 Å². The normalized spacial score (nSPS) is 15.1. The molecular weight excluding hydrogens is 432 g/mol. The van der Waals surface area contributed by atoms with Gasteiger partial charge in [0, 0.05) is 18.2 Å². The molecule has 1 atom stereocenters. The number of aryl methyl sites for hydroxylation is 1. The Morgan fingerprint density at radius 2 is 1.85 bits per heavy atom. The van der Waals surface area contributed by atoms with Crippen molar-refractivity contribution in [3.63, 3.8) is 0 Å². The lowest BCUT2D eigenvalue weighted by atomic mass is 10.1. The van der Waals surface area contributed by atoms with Gasteiger partial charge in [0.2, 0.25) is 5.91 Å². The number of benzene rings is 2. The molecule has 0 radical (unpaired) electrons. The second kappa shape index (κ2) is 10.4. The van der Waals surface area contributed by atoms with Crippen molar-refractivity contribution >= 4 is 35.1 Å². The Balaban J connectivity index is 1.51. The monoisotopic (exact) mass is 454 g/mol. The first kappa shape index (κ1) is 23.4. The molecule has 3 rings (SSSR count). The third-order valence-electron chi connectivity index (χ3n) is 5.03. The fraction of sp³-hybridized carbons (Fsp3) is 0.273.